The molecule has 4 heteroatoms. The molecule has 2 aromatic carbocycles. The molecule has 160 valence electrons. The summed E-state index contributed by atoms with van der Waals surface area (Å²) >= 11 is 0. The van der Waals surface area contributed by atoms with Crippen molar-refractivity contribution in [2.75, 3.05) is 33.9 Å². The molecule has 0 N–H and O–H groups in total. The summed E-state index contributed by atoms with van der Waals surface area (Å²) in [5.41, 5.74) is 2.65. The zero-order chi connectivity index (χ0) is 20.9. The highest BCUT2D eigenvalue weighted by molar-refractivity contribution is 5.28. The molecule has 3 fully saturated rings. The molecule has 3 saturated heterocycles. The predicted octanol–water partition coefficient (Wildman–Crippen LogP) is 4.60. The van der Waals surface area contributed by atoms with Gasteiger partial charge in [-0.25, -0.2) is 0 Å². The van der Waals surface area contributed by atoms with E-state index >= 15 is 0 Å². The highest BCUT2D eigenvalue weighted by Gasteiger charge is 2.39. The summed E-state index contributed by atoms with van der Waals surface area (Å²) in [6, 6.07) is 17.6. The number of nitrogens with zero attached hydrogens (tertiary/aromatic N) is 2. The third-order valence-electron chi connectivity index (χ3n) is 6.83. The monoisotopic (exact) mass is 406 g/mol. The van der Waals surface area contributed by atoms with E-state index < -0.39 is 0 Å². The van der Waals surface area contributed by atoms with Crippen LogP contribution in [-0.2, 0) is 13.1 Å². The molecule has 0 radical (unpaired) electrons. The molecular weight excluding hydrogens is 372 g/mol. The number of methoxy groups -OCH3 is 2. The summed E-state index contributed by atoms with van der Waals surface area (Å²) in [5.74, 6) is 3.30. The number of hydrogen-bond donors (Lipinski definition) is 0. The lowest BCUT2D eigenvalue weighted by Crippen LogP contribution is -2.56. The molecule has 0 saturated carbocycles. The lowest BCUT2D eigenvalue weighted by Gasteiger charge is -2.50. The maximum absolute atomic E-state index is 5.33. The van der Waals surface area contributed by atoms with Gasteiger partial charge in [0.15, 0.2) is 0 Å². The van der Waals surface area contributed by atoms with Gasteiger partial charge in [0.1, 0.15) is 11.5 Å². The van der Waals surface area contributed by atoms with E-state index in [1.165, 1.54) is 37.1 Å². The summed E-state index contributed by atoms with van der Waals surface area (Å²) in [5, 5.41) is 0. The molecule has 2 aromatic rings. The molecule has 0 aromatic heterocycles. The normalized spacial score (nSPS) is 25.3. The van der Waals surface area contributed by atoms with Crippen molar-refractivity contribution in [3.63, 3.8) is 0 Å². The van der Waals surface area contributed by atoms with Gasteiger partial charge in [-0.05, 0) is 66.6 Å². The molecule has 0 amide bonds. The Bertz CT molecular complexity index is 768. The second kappa shape index (κ2) is 9.67. The average molecular weight is 407 g/mol. The topological polar surface area (TPSA) is 24.9 Å². The van der Waals surface area contributed by atoms with Crippen molar-refractivity contribution in [1.82, 2.24) is 9.80 Å². The summed E-state index contributed by atoms with van der Waals surface area (Å²) < 4.78 is 10.7. The number of hydrogen-bond acceptors (Lipinski definition) is 4. The maximum atomic E-state index is 5.33. The van der Waals surface area contributed by atoms with Crippen molar-refractivity contribution in [2.24, 2.45) is 11.8 Å². The molecule has 0 aliphatic carbocycles. The molecule has 3 heterocycles. The third kappa shape index (κ3) is 4.88. The van der Waals surface area contributed by atoms with Crippen molar-refractivity contribution in [1.29, 1.82) is 0 Å². The zero-order valence-corrected chi connectivity index (χ0v) is 18.3. The Hall–Kier alpha value is -2.30. The van der Waals surface area contributed by atoms with Crippen molar-refractivity contribution >= 4 is 0 Å². The summed E-state index contributed by atoms with van der Waals surface area (Å²) in [7, 11) is 3.43. The largest absolute Gasteiger partial charge is 0.497 e. The minimum atomic E-state index is 0.636. The fourth-order valence-electron chi connectivity index (χ4n) is 5.10. The SMILES string of the molecule is C=C[C@H]1CN2CC[C@H]1C[C@@H]2CN(Cc1ccc(OC)cc1)Cc1ccc(OC)cc1. The molecule has 5 rings (SSSR count). The average Bonchev–Trinajstić information content (AvgIpc) is 2.80. The second-order valence-electron chi connectivity index (χ2n) is 8.70. The first-order valence-electron chi connectivity index (χ1n) is 11.0. The number of piperidine rings is 3. The number of rotatable bonds is 9. The van der Waals surface area contributed by atoms with Crippen LogP contribution in [0.4, 0.5) is 0 Å². The van der Waals surface area contributed by atoms with E-state index in [1.807, 2.05) is 0 Å². The van der Waals surface area contributed by atoms with Crippen molar-refractivity contribution < 1.29 is 9.47 Å². The Balaban J connectivity index is 1.48. The zero-order valence-electron chi connectivity index (χ0n) is 18.3. The van der Waals surface area contributed by atoms with Crippen LogP contribution < -0.4 is 9.47 Å². The van der Waals surface area contributed by atoms with Gasteiger partial charge in [-0.3, -0.25) is 9.80 Å². The summed E-state index contributed by atoms with van der Waals surface area (Å²) in [6.07, 6.45) is 4.79. The van der Waals surface area contributed by atoms with Gasteiger partial charge in [0.2, 0.25) is 0 Å². The van der Waals surface area contributed by atoms with Crippen LogP contribution in [0.1, 0.15) is 24.0 Å². The van der Waals surface area contributed by atoms with E-state index in [2.05, 4.69) is 71.0 Å². The van der Waals surface area contributed by atoms with Crippen LogP contribution >= 0.6 is 0 Å². The van der Waals surface area contributed by atoms with Crippen LogP contribution in [0.15, 0.2) is 61.2 Å². The van der Waals surface area contributed by atoms with Crippen LogP contribution in [0.3, 0.4) is 0 Å². The number of ether oxygens (including phenoxy) is 2. The molecule has 30 heavy (non-hydrogen) atoms. The minimum Gasteiger partial charge on any atom is -0.497 e. The first-order valence-corrected chi connectivity index (χ1v) is 11.0. The Morgan fingerprint density at radius 3 is 1.97 bits per heavy atom. The maximum Gasteiger partial charge on any atom is 0.118 e. The molecule has 0 spiro atoms. The van der Waals surface area contributed by atoms with Gasteiger partial charge in [-0.1, -0.05) is 30.3 Å². The molecule has 4 nitrogen and oxygen atoms in total. The van der Waals surface area contributed by atoms with Crippen LogP contribution in [0.5, 0.6) is 11.5 Å². The molecule has 2 bridgehead atoms. The molecular formula is C26H34N2O2. The minimum absolute atomic E-state index is 0.636. The Labute approximate surface area is 181 Å². The van der Waals surface area contributed by atoms with Gasteiger partial charge in [-0.2, -0.15) is 0 Å². The van der Waals surface area contributed by atoms with E-state index in [-0.39, 0.29) is 0 Å². The lowest BCUT2D eigenvalue weighted by molar-refractivity contribution is 0.000114. The number of fused-ring (bicyclic) bond motifs is 3. The van der Waals surface area contributed by atoms with Crippen molar-refractivity contribution in [3.05, 3.63) is 72.3 Å². The van der Waals surface area contributed by atoms with Crippen LogP contribution in [0.25, 0.3) is 0 Å². The predicted molar refractivity (Wildman–Crippen MR) is 122 cm³/mol. The van der Waals surface area contributed by atoms with Crippen LogP contribution in [-0.4, -0.2) is 49.7 Å². The quantitative estimate of drug-likeness (QED) is 0.568. The standard InChI is InChI=1S/C26H34N2O2/c1-4-22-18-28-14-13-23(22)15-24(28)19-27(16-20-5-9-25(29-2)10-6-20)17-21-7-11-26(30-3)12-8-21/h4-12,22-24H,1,13-19H2,2-3H3/t22-,23-,24+/m0/s1. The van der Waals surface area contributed by atoms with E-state index in [1.54, 1.807) is 14.2 Å². The van der Waals surface area contributed by atoms with Gasteiger partial charge < -0.3 is 9.47 Å². The first-order chi connectivity index (χ1) is 14.7. The summed E-state index contributed by atoms with van der Waals surface area (Å²) in [6.45, 7) is 9.46. The van der Waals surface area contributed by atoms with E-state index in [0.29, 0.717) is 12.0 Å². The van der Waals surface area contributed by atoms with Gasteiger partial charge in [0.05, 0.1) is 14.2 Å². The Morgan fingerprint density at radius 1 is 0.967 bits per heavy atom. The van der Waals surface area contributed by atoms with Gasteiger partial charge >= 0.3 is 0 Å². The fourth-order valence-corrected chi connectivity index (χ4v) is 5.10. The third-order valence-corrected chi connectivity index (χ3v) is 6.83. The lowest BCUT2D eigenvalue weighted by atomic mass is 9.75. The Morgan fingerprint density at radius 2 is 1.53 bits per heavy atom. The van der Waals surface area contributed by atoms with Crippen molar-refractivity contribution in [2.45, 2.75) is 32.0 Å². The second-order valence-corrected chi connectivity index (χ2v) is 8.70. The van der Waals surface area contributed by atoms with Crippen LogP contribution in [0.2, 0.25) is 0 Å². The highest BCUT2D eigenvalue weighted by atomic mass is 16.5. The van der Waals surface area contributed by atoms with E-state index in [0.717, 1.165) is 37.1 Å². The van der Waals surface area contributed by atoms with Crippen molar-refractivity contribution in [3.8, 4) is 11.5 Å². The molecule has 3 aliphatic rings. The van der Waals surface area contributed by atoms with E-state index in [9.17, 15) is 0 Å². The van der Waals surface area contributed by atoms with Gasteiger partial charge in [0.25, 0.3) is 0 Å². The molecule has 3 aliphatic heterocycles. The number of benzene rings is 2. The van der Waals surface area contributed by atoms with Gasteiger partial charge in [-0.15, -0.1) is 6.58 Å². The van der Waals surface area contributed by atoms with Crippen LogP contribution in [0, 0.1) is 11.8 Å². The fraction of sp³-hybridized carbons (Fsp3) is 0.462. The summed E-state index contributed by atoms with van der Waals surface area (Å²) in [4.78, 5) is 5.29. The van der Waals surface area contributed by atoms with E-state index in [4.69, 9.17) is 9.47 Å². The first kappa shape index (κ1) is 21.0. The smallest absolute Gasteiger partial charge is 0.118 e. The van der Waals surface area contributed by atoms with Gasteiger partial charge in [0, 0.05) is 32.2 Å². The highest BCUT2D eigenvalue weighted by Crippen LogP contribution is 2.37. The molecule has 4 atom stereocenters. The molecule has 1 unspecified atom stereocenters. The Kier molecular flexibility index (Phi) is 6.76.